The average Bonchev–Trinajstić information content (AvgIpc) is 2.04. The van der Waals surface area contributed by atoms with Crippen LogP contribution in [0.2, 0.25) is 19.6 Å². The van der Waals surface area contributed by atoms with E-state index in [0.717, 1.165) is 5.69 Å². The topological polar surface area (TPSA) is 35.2 Å². The fraction of sp³-hybridized carbons (Fsp3) is 0.400. The molecule has 0 aliphatic carbocycles. The summed E-state index contributed by atoms with van der Waals surface area (Å²) in [5, 5.41) is 1.43. The van der Waals surface area contributed by atoms with E-state index in [1.807, 2.05) is 12.1 Å². The van der Waals surface area contributed by atoms with Crippen LogP contribution in [0.4, 0.5) is 5.69 Å². The zero-order valence-corrected chi connectivity index (χ0v) is 11.3. The first-order valence-electron chi connectivity index (χ1n) is 4.47. The summed E-state index contributed by atoms with van der Waals surface area (Å²) in [4.78, 5) is 0. The maximum atomic E-state index is 5.68. The Bertz CT molecular complexity index is 271. The molecule has 0 aromatic heterocycles. The minimum atomic E-state index is -1.14. The minimum Gasteiger partial charge on any atom is -0.422 e. The van der Waals surface area contributed by atoms with E-state index < -0.39 is 8.07 Å². The molecule has 0 aliphatic rings. The third-order valence-electron chi connectivity index (χ3n) is 1.75. The average molecular weight is 224 g/mol. The van der Waals surface area contributed by atoms with Gasteiger partial charge >= 0.3 is 0 Å². The Morgan fingerprint density at radius 1 is 1.29 bits per heavy atom. The van der Waals surface area contributed by atoms with E-state index in [1.54, 1.807) is 0 Å². The van der Waals surface area contributed by atoms with Crippen molar-refractivity contribution in [3.05, 3.63) is 24.3 Å². The van der Waals surface area contributed by atoms with Gasteiger partial charge in [-0.05, 0) is 12.1 Å². The summed E-state index contributed by atoms with van der Waals surface area (Å²) >= 11 is 0. The number of hydrogen-bond acceptors (Lipinski definition) is 2. The summed E-state index contributed by atoms with van der Waals surface area (Å²) in [5.41, 5.74) is 6.56. The second kappa shape index (κ2) is 6.00. The summed E-state index contributed by atoms with van der Waals surface area (Å²) in [5.74, 6) is 0. The van der Waals surface area contributed by atoms with E-state index in [9.17, 15) is 0 Å². The fourth-order valence-corrected chi connectivity index (χ4v) is 2.20. The lowest BCUT2D eigenvalue weighted by Gasteiger charge is -2.16. The molecule has 0 spiro atoms. The largest absolute Gasteiger partial charge is 0.422 e. The minimum absolute atomic E-state index is 0.880. The van der Waals surface area contributed by atoms with Crippen LogP contribution in [0.3, 0.4) is 0 Å². The van der Waals surface area contributed by atoms with Crippen LogP contribution in [0.15, 0.2) is 24.3 Å². The summed E-state index contributed by atoms with van der Waals surface area (Å²) in [6.45, 7) is 6.96. The highest BCUT2D eigenvalue weighted by molar-refractivity contribution is 6.88. The maximum Gasteiger partial charge on any atom is 0.245 e. The first-order valence-corrected chi connectivity index (χ1v) is 8.38. The van der Waals surface area contributed by atoms with Gasteiger partial charge in [0.1, 0.15) is 0 Å². The predicted octanol–water partition coefficient (Wildman–Crippen LogP) is 1.53. The molecule has 0 aliphatic heterocycles. The molecular formula is C10H18NOSi2. The molecule has 3 radical (unpaired) electrons. The molecule has 0 saturated carbocycles. The van der Waals surface area contributed by atoms with Crippen molar-refractivity contribution >= 4 is 29.4 Å². The maximum absolute atomic E-state index is 5.68. The second-order valence-corrected chi connectivity index (χ2v) is 9.57. The van der Waals surface area contributed by atoms with Gasteiger partial charge in [-0.3, -0.25) is 0 Å². The molecule has 0 heterocycles. The smallest absolute Gasteiger partial charge is 0.245 e. The van der Waals surface area contributed by atoms with Crippen molar-refractivity contribution < 1.29 is 4.43 Å². The van der Waals surface area contributed by atoms with Crippen molar-refractivity contribution in [2.75, 3.05) is 12.8 Å². The van der Waals surface area contributed by atoms with E-state index in [-0.39, 0.29) is 0 Å². The third kappa shape index (κ3) is 5.21. The Balaban J connectivity index is 0.000000500. The summed E-state index contributed by atoms with van der Waals surface area (Å²) in [6.07, 6.45) is 0. The van der Waals surface area contributed by atoms with Gasteiger partial charge in [0.05, 0.1) is 8.07 Å². The predicted molar refractivity (Wildman–Crippen MR) is 66.6 cm³/mol. The fourth-order valence-electron chi connectivity index (χ4n) is 1.01. The van der Waals surface area contributed by atoms with Crippen LogP contribution >= 0.6 is 0 Å². The van der Waals surface area contributed by atoms with Gasteiger partial charge in [-0.25, -0.2) is 0 Å². The van der Waals surface area contributed by atoms with Gasteiger partial charge in [0.15, 0.2) is 0 Å². The number of benzene rings is 1. The van der Waals surface area contributed by atoms with Crippen LogP contribution in [0.1, 0.15) is 0 Å². The van der Waals surface area contributed by atoms with Crippen molar-refractivity contribution in [3.63, 3.8) is 0 Å². The highest BCUT2D eigenvalue weighted by Crippen LogP contribution is 2.05. The van der Waals surface area contributed by atoms with Gasteiger partial charge in [-0.15, -0.1) is 0 Å². The highest BCUT2D eigenvalue weighted by Gasteiger charge is 2.15. The van der Waals surface area contributed by atoms with Gasteiger partial charge in [-0.1, -0.05) is 37.0 Å². The molecule has 0 saturated heterocycles. The number of nitrogen functional groups attached to an aromatic ring is 1. The summed E-state index contributed by atoms with van der Waals surface area (Å²) in [6, 6.07) is 8.22. The van der Waals surface area contributed by atoms with Crippen molar-refractivity contribution in [2.45, 2.75) is 19.6 Å². The van der Waals surface area contributed by atoms with Crippen molar-refractivity contribution in [1.82, 2.24) is 0 Å². The van der Waals surface area contributed by atoms with Crippen LogP contribution < -0.4 is 10.9 Å². The van der Waals surface area contributed by atoms with Crippen molar-refractivity contribution in [1.29, 1.82) is 0 Å². The van der Waals surface area contributed by atoms with Crippen LogP contribution in [0.5, 0.6) is 0 Å². The normalized spacial score (nSPS) is 10.4. The number of anilines is 1. The van der Waals surface area contributed by atoms with Gasteiger partial charge in [-0.2, -0.15) is 0 Å². The van der Waals surface area contributed by atoms with Gasteiger partial charge < -0.3 is 10.2 Å². The summed E-state index contributed by atoms with van der Waals surface area (Å²) < 4.78 is 4.06. The first kappa shape index (κ1) is 13.4. The molecule has 0 bridgehead atoms. The van der Waals surface area contributed by atoms with Crippen LogP contribution in [0, 0.1) is 0 Å². The molecule has 1 aromatic rings. The van der Waals surface area contributed by atoms with Crippen LogP contribution in [0.25, 0.3) is 0 Å². The Hall–Kier alpha value is -0.586. The van der Waals surface area contributed by atoms with Crippen molar-refractivity contribution in [3.8, 4) is 0 Å². The van der Waals surface area contributed by atoms with Gasteiger partial charge in [0.2, 0.25) is 10.5 Å². The van der Waals surface area contributed by atoms with Crippen LogP contribution in [-0.2, 0) is 4.43 Å². The van der Waals surface area contributed by atoms with E-state index in [4.69, 9.17) is 5.73 Å². The van der Waals surface area contributed by atoms with E-state index in [0.29, 0.717) is 0 Å². The highest BCUT2D eigenvalue weighted by atomic mass is 28.3. The lowest BCUT2D eigenvalue weighted by Crippen LogP contribution is -2.37. The SMILES string of the molecule is CO[Si].C[Si](C)(C)c1cccc(N)c1. The summed E-state index contributed by atoms with van der Waals surface area (Å²) in [7, 11) is 3.08. The molecule has 14 heavy (non-hydrogen) atoms. The molecule has 1 rings (SSSR count). The molecule has 0 fully saturated rings. The standard InChI is InChI=1S/C9H15NSi.CH3OSi/c1-11(2,3)9-6-4-5-8(10)7-9;1-2-3/h4-7H,10H2,1-3H3;1H3. The van der Waals surface area contributed by atoms with E-state index >= 15 is 0 Å². The Labute approximate surface area is 91.0 Å². The van der Waals surface area contributed by atoms with Crippen LogP contribution in [-0.4, -0.2) is 25.7 Å². The van der Waals surface area contributed by atoms with E-state index in [2.05, 4.69) is 46.7 Å². The Morgan fingerprint density at radius 3 is 2.07 bits per heavy atom. The van der Waals surface area contributed by atoms with Crippen molar-refractivity contribution in [2.24, 2.45) is 0 Å². The lowest BCUT2D eigenvalue weighted by molar-refractivity contribution is 0.460. The lowest BCUT2D eigenvalue weighted by atomic mass is 10.3. The molecule has 1 aromatic carbocycles. The molecule has 4 heteroatoms. The van der Waals surface area contributed by atoms with Gasteiger partial charge in [0, 0.05) is 12.8 Å². The Kier molecular flexibility index (Phi) is 5.75. The number of rotatable bonds is 1. The second-order valence-electron chi connectivity index (χ2n) is 4.08. The first-order chi connectivity index (χ1) is 6.41. The van der Waals surface area contributed by atoms with Gasteiger partial charge in [0.25, 0.3) is 0 Å². The molecule has 77 valence electrons. The van der Waals surface area contributed by atoms with E-state index in [1.165, 1.54) is 12.3 Å². The third-order valence-corrected chi connectivity index (χ3v) is 3.80. The molecular weight excluding hydrogens is 206 g/mol. The molecule has 0 atom stereocenters. The zero-order chi connectivity index (χ0) is 11.2. The number of nitrogens with two attached hydrogens (primary N) is 1. The Morgan fingerprint density at radius 2 is 1.79 bits per heavy atom. The molecule has 2 nitrogen and oxygen atoms in total. The zero-order valence-electron chi connectivity index (χ0n) is 9.29. The molecule has 0 amide bonds. The molecule has 2 N–H and O–H groups in total. The quantitative estimate of drug-likeness (QED) is 0.580. The monoisotopic (exact) mass is 224 g/mol. The molecule has 0 unspecified atom stereocenters. The number of hydrogen-bond donors (Lipinski definition) is 1.